The summed E-state index contributed by atoms with van der Waals surface area (Å²) in [5.41, 5.74) is 1.25. The minimum Gasteiger partial charge on any atom is -0.462 e. The molecule has 0 amide bonds. The fourth-order valence-corrected chi connectivity index (χ4v) is 1.96. The summed E-state index contributed by atoms with van der Waals surface area (Å²) in [5, 5.41) is 13.0. The lowest BCUT2D eigenvalue weighted by molar-refractivity contribution is 0.0528. The molecule has 0 aliphatic heterocycles. The maximum Gasteiger partial charge on any atom is 0.343 e. The Kier molecular flexibility index (Phi) is 3.66. The molecule has 0 bridgehead atoms. The van der Waals surface area contributed by atoms with Gasteiger partial charge in [0.25, 0.3) is 5.56 Å². The normalized spacial score (nSPS) is 10.9. The number of aryl methyl sites for hydroxylation is 1. The van der Waals surface area contributed by atoms with Crippen LogP contribution in [0.4, 0.5) is 0 Å². The number of hydrogen-bond acceptors (Lipinski definition) is 5. The molecule has 7 heteroatoms. The first-order valence-electron chi connectivity index (χ1n) is 5.97. The van der Waals surface area contributed by atoms with Gasteiger partial charge in [0.15, 0.2) is 5.65 Å². The summed E-state index contributed by atoms with van der Waals surface area (Å²) in [6, 6.07) is 0. The number of aliphatic hydroxyl groups is 1. The number of nitrogens with one attached hydrogen (secondary N) is 1. The molecule has 2 aromatic rings. The monoisotopic (exact) mass is 265 g/mol. The van der Waals surface area contributed by atoms with E-state index in [1.54, 1.807) is 13.8 Å². The van der Waals surface area contributed by atoms with Crippen LogP contribution in [0.5, 0.6) is 0 Å². The van der Waals surface area contributed by atoms with E-state index in [1.807, 2.05) is 0 Å². The Morgan fingerprint density at radius 1 is 1.58 bits per heavy atom. The summed E-state index contributed by atoms with van der Waals surface area (Å²) < 4.78 is 6.37. The lowest BCUT2D eigenvalue weighted by Gasteiger charge is -2.06. The Morgan fingerprint density at radius 3 is 2.95 bits per heavy atom. The third-order valence-corrected chi connectivity index (χ3v) is 2.89. The van der Waals surface area contributed by atoms with Crippen molar-refractivity contribution in [2.75, 3.05) is 13.2 Å². The number of H-pyrrole nitrogens is 1. The number of rotatable bonds is 4. The molecule has 2 N–H and O–H groups in total. The molecule has 0 unspecified atom stereocenters. The number of carbonyl (C=O) groups is 1. The molecular weight excluding hydrogens is 250 g/mol. The number of aromatic nitrogens is 3. The van der Waals surface area contributed by atoms with Gasteiger partial charge in [-0.2, -0.15) is 5.10 Å². The fourth-order valence-electron chi connectivity index (χ4n) is 1.96. The van der Waals surface area contributed by atoms with Crippen molar-refractivity contribution in [2.24, 2.45) is 0 Å². The predicted molar refractivity (Wildman–Crippen MR) is 67.3 cm³/mol. The molecule has 0 saturated heterocycles. The van der Waals surface area contributed by atoms with E-state index in [9.17, 15) is 9.59 Å². The summed E-state index contributed by atoms with van der Waals surface area (Å²) in [6.07, 6.45) is 1.60. The van der Waals surface area contributed by atoms with Crippen LogP contribution >= 0.6 is 0 Å². The SMILES string of the molecule is CCOC(=O)c1cnn2c(C)c(CCO)c(=O)[nH]c12. The van der Waals surface area contributed by atoms with Crippen LogP contribution in [0.1, 0.15) is 28.5 Å². The summed E-state index contributed by atoms with van der Waals surface area (Å²) in [7, 11) is 0. The van der Waals surface area contributed by atoms with Crippen LogP contribution in [0.3, 0.4) is 0 Å². The average Bonchev–Trinajstić information content (AvgIpc) is 2.78. The second kappa shape index (κ2) is 5.23. The molecule has 0 radical (unpaired) electrons. The lowest BCUT2D eigenvalue weighted by atomic mass is 10.2. The second-order valence-corrected chi connectivity index (χ2v) is 4.03. The average molecular weight is 265 g/mol. The maximum absolute atomic E-state index is 11.9. The van der Waals surface area contributed by atoms with Crippen LogP contribution in [0.15, 0.2) is 11.0 Å². The van der Waals surface area contributed by atoms with E-state index in [4.69, 9.17) is 9.84 Å². The van der Waals surface area contributed by atoms with E-state index >= 15 is 0 Å². The van der Waals surface area contributed by atoms with Crippen molar-refractivity contribution >= 4 is 11.6 Å². The van der Waals surface area contributed by atoms with E-state index in [0.29, 0.717) is 16.9 Å². The van der Waals surface area contributed by atoms with Gasteiger partial charge in [0.2, 0.25) is 0 Å². The Hall–Kier alpha value is -2.15. The van der Waals surface area contributed by atoms with Gasteiger partial charge in [-0.15, -0.1) is 0 Å². The maximum atomic E-state index is 11.9. The van der Waals surface area contributed by atoms with Crippen LogP contribution in [-0.4, -0.2) is 38.9 Å². The molecule has 2 heterocycles. The molecule has 0 atom stereocenters. The Balaban J connectivity index is 2.62. The van der Waals surface area contributed by atoms with Gasteiger partial charge in [0.1, 0.15) is 5.56 Å². The number of esters is 1. The number of hydrogen-bond donors (Lipinski definition) is 2. The van der Waals surface area contributed by atoms with Crippen LogP contribution in [0, 0.1) is 6.92 Å². The van der Waals surface area contributed by atoms with Gasteiger partial charge in [-0.05, 0) is 13.8 Å². The largest absolute Gasteiger partial charge is 0.462 e. The van der Waals surface area contributed by atoms with Crippen molar-refractivity contribution in [3.05, 3.63) is 33.4 Å². The zero-order valence-electron chi connectivity index (χ0n) is 10.8. The van der Waals surface area contributed by atoms with Crippen LogP contribution in [0.25, 0.3) is 5.65 Å². The number of aliphatic hydroxyl groups excluding tert-OH is 1. The van der Waals surface area contributed by atoms with E-state index < -0.39 is 5.97 Å². The number of carbonyl (C=O) groups excluding carboxylic acids is 1. The second-order valence-electron chi connectivity index (χ2n) is 4.03. The highest BCUT2D eigenvalue weighted by Crippen LogP contribution is 2.12. The van der Waals surface area contributed by atoms with Crippen molar-refractivity contribution in [2.45, 2.75) is 20.3 Å². The first-order chi connectivity index (χ1) is 9.10. The third kappa shape index (κ3) is 2.24. The van der Waals surface area contributed by atoms with Gasteiger partial charge in [-0.25, -0.2) is 9.31 Å². The first-order valence-corrected chi connectivity index (χ1v) is 5.97. The highest BCUT2D eigenvalue weighted by molar-refractivity contribution is 5.95. The number of aromatic amines is 1. The Morgan fingerprint density at radius 2 is 2.32 bits per heavy atom. The summed E-state index contributed by atoms with van der Waals surface area (Å²) >= 11 is 0. The smallest absolute Gasteiger partial charge is 0.343 e. The van der Waals surface area contributed by atoms with Gasteiger partial charge < -0.3 is 14.8 Å². The first kappa shape index (κ1) is 13.3. The van der Waals surface area contributed by atoms with Gasteiger partial charge in [-0.1, -0.05) is 0 Å². The van der Waals surface area contributed by atoms with E-state index in [-0.39, 0.29) is 30.8 Å². The predicted octanol–water partition coefficient (Wildman–Crippen LogP) is 0.0425. The zero-order chi connectivity index (χ0) is 14.0. The van der Waals surface area contributed by atoms with Crippen molar-refractivity contribution in [3.63, 3.8) is 0 Å². The molecular formula is C12H15N3O4. The molecule has 102 valence electrons. The number of ether oxygens (including phenoxy) is 1. The van der Waals surface area contributed by atoms with Gasteiger partial charge >= 0.3 is 5.97 Å². The Bertz CT molecular complexity index is 671. The van der Waals surface area contributed by atoms with Gasteiger partial charge in [-0.3, -0.25) is 4.79 Å². The van der Waals surface area contributed by atoms with Crippen molar-refractivity contribution in [1.82, 2.24) is 14.6 Å². The molecule has 2 rings (SSSR count). The van der Waals surface area contributed by atoms with E-state index in [2.05, 4.69) is 10.1 Å². The minimum atomic E-state index is -0.526. The summed E-state index contributed by atoms with van der Waals surface area (Å²) in [4.78, 5) is 26.2. The molecule has 0 fully saturated rings. The molecule has 0 aromatic carbocycles. The zero-order valence-corrected chi connectivity index (χ0v) is 10.8. The molecule has 0 aliphatic rings. The molecule has 7 nitrogen and oxygen atoms in total. The van der Waals surface area contributed by atoms with Crippen LogP contribution in [0.2, 0.25) is 0 Å². The van der Waals surface area contributed by atoms with Crippen LogP contribution in [-0.2, 0) is 11.2 Å². The van der Waals surface area contributed by atoms with Gasteiger partial charge in [0.05, 0.1) is 18.5 Å². The Labute approximate surface area is 108 Å². The minimum absolute atomic E-state index is 0.124. The van der Waals surface area contributed by atoms with Crippen LogP contribution < -0.4 is 5.56 Å². The van der Waals surface area contributed by atoms with Crippen molar-refractivity contribution in [1.29, 1.82) is 0 Å². The van der Waals surface area contributed by atoms with Gasteiger partial charge in [0, 0.05) is 18.6 Å². The molecule has 0 saturated carbocycles. The standard InChI is InChI=1S/C12H15N3O4/c1-3-19-12(18)9-6-13-15-7(2)8(4-5-16)11(17)14-10(9)15/h6,16H,3-5H2,1-2H3,(H,14,17). The fraction of sp³-hybridized carbons (Fsp3) is 0.417. The highest BCUT2D eigenvalue weighted by Gasteiger charge is 2.18. The topological polar surface area (TPSA) is 96.7 Å². The van der Waals surface area contributed by atoms with Crippen molar-refractivity contribution in [3.8, 4) is 0 Å². The lowest BCUT2D eigenvalue weighted by Crippen LogP contribution is -2.20. The highest BCUT2D eigenvalue weighted by atomic mass is 16.5. The molecule has 2 aromatic heterocycles. The molecule has 0 spiro atoms. The number of nitrogens with zero attached hydrogens (tertiary/aromatic N) is 2. The third-order valence-electron chi connectivity index (χ3n) is 2.89. The summed E-state index contributed by atoms with van der Waals surface area (Å²) in [6.45, 7) is 3.55. The van der Waals surface area contributed by atoms with Crippen molar-refractivity contribution < 1.29 is 14.6 Å². The van der Waals surface area contributed by atoms with E-state index in [0.717, 1.165) is 0 Å². The summed E-state index contributed by atoms with van der Waals surface area (Å²) in [5.74, 6) is -0.526. The number of fused-ring (bicyclic) bond motifs is 1. The van der Waals surface area contributed by atoms with E-state index in [1.165, 1.54) is 10.7 Å². The molecule has 19 heavy (non-hydrogen) atoms. The quantitative estimate of drug-likeness (QED) is 0.761. The molecule has 0 aliphatic carbocycles.